The van der Waals surface area contributed by atoms with Gasteiger partial charge >= 0.3 is 0 Å². The van der Waals surface area contributed by atoms with E-state index in [2.05, 4.69) is 0 Å². The lowest BCUT2D eigenvalue weighted by Gasteiger charge is -2.07. The highest BCUT2D eigenvalue weighted by atomic mass is 16.5. The molecule has 14 heavy (non-hydrogen) atoms. The van der Waals surface area contributed by atoms with Crippen molar-refractivity contribution < 1.29 is 4.74 Å². The lowest BCUT2D eigenvalue weighted by Crippen LogP contribution is -2.00. The standard InChI is InChI=1S/C11H10N2O/c1-14-11-5-3-2-4-10(11)6-9(7-12)8-13/h2-5,9H,6H2,1H3. The van der Waals surface area contributed by atoms with Crippen molar-refractivity contribution in [2.45, 2.75) is 6.42 Å². The largest absolute Gasteiger partial charge is 0.496 e. The number of para-hydroxylation sites is 1. The van der Waals surface area contributed by atoms with E-state index in [1.807, 2.05) is 36.4 Å². The van der Waals surface area contributed by atoms with E-state index in [1.165, 1.54) is 0 Å². The molecule has 1 rings (SSSR count). The van der Waals surface area contributed by atoms with Crippen LogP contribution in [0, 0.1) is 28.6 Å². The number of methoxy groups -OCH3 is 1. The Bertz CT molecular complexity index is 373. The van der Waals surface area contributed by atoms with E-state index >= 15 is 0 Å². The van der Waals surface area contributed by atoms with Crippen LogP contribution in [-0.4, -0.2) is 7.11 Å². The quantitative estimate of drug-likeness (QED) is 0.724. The van der Waals surface area contributed by atoms with Crippen LogP contribution in [0.1, 0.15) is 5.56 Å². The van der Waals surface area contributed by atoms with Crippen LogP contribution in [-0.2, 0) is 6.42 Å². The van der Waals surface area contributed by atoms with Crippen molar-refractivity contribution in [2.75, 3.05) is 7.11 Å². The van der Waals surface area contributed by atoms with Gasteiger partial charge in [0.05, 0.1) is 19.2 Å². The molecule has 0 aromatic heterocycles. The van der Waals surface area contributed by atoms with Gasteiger partial charge in [-0.05, 0) is 11.6 Å². The SMILES string of the molecule is COc1ccccc1CC(C#N)C#N. The van der Waals surface area contributed by atoms with Gasteiger partial charge in [0, 0.05) is 6.42 Å². The third-order valence-corrected chi connectivity index (χ3v) is 1.93. The van der Waals surface area contributed by atoms with Gasteiger partial charge in [-0.2, -0.15) is 10.5 Å². The van der Waals surface area contributed by atoms with E-state index in [0.717, 1.165) is 11.3 Å². The number of ether oxygens (including phenoxy) is 1. The predicted molar refractivity (Wildman–Crippen MR) is 51.4 cm³/mol. The maximum absolute atomic E-state index is 8.64. The Morgan fingerprint density at radius 3 is 2.50 bits per heavy atom. The van der Waals surface area contributed by atoms with E-state index < -0.39 is 5.92 Å². The first-order valence-corrected chi connectivity index (χ1v) is 4.23. The Hall–Kier alpha value is -2.00. The van der Waals surface area contributed by atoms with E-state index in [4.69, 9.17) is 15.3 Å². The topological polar surface area (TPSA) is 56.8 Å². The van der Waals surface area contributed by atoms with E-state index in [-0.39, 0.29) is 0 Å². The maximum Gasteiger partial charge on any atom is 0.137 e. The van der Waals surface area contributed by atoms with E-state index in [9.17, 15) is 0 Å². The predicted octanol–water partition coefficient (Wildman–Crippen LogP) is 1.90. The van der Waals surface area contributed by atoms with Gasteiger partial charge in [-0.25, -0.2) is 0 Å². The average Bonchev–Trinajstić information content (AvgIpc) is 2.26. The zero-order chi connectivity index (χ0) is 10.4. The molecule has 0 radical (unpaired) electrons. The van der Waals surface area contributed by atoms with E-state index in [0.29, 0.717) is 6.42 Å². The summed E-state index contributed by atoms with van der Waals surface area (Å²) in [7, 11) is 1.58. The summed E-state index contributed by atoms with van der Waals surface area (Å²) in [5.41, 5.74) is 0.892. The van der Waals surface area contributed by atoms with Gasteiger partial charge in [-0.1, -0.05) is 18.2 Å². The summed E-state index contributed by atoms with van der Waals surface area (Å²) in [5, 5.41) is 17.3. The van der Waals surface area contributed by atoms with Gasteiger partial charge in [0.2, 0.25) is 0 Å². The molecule has 0 atom stereocenters. The second kappa shape index (κ2) is 4.89. The lowest BCUT2D eigenvalue weighted by atomic mass is 10.0. The molecule has 1 aromatic carbocycles. The summed E-state index contributed by atoms with van der Waals surface area (Å²) in [6.07, 6.45) is 0.414. The third kappa shape index (κ3) is 2.24. The summed E-state index contributed by atoms with van der Waals surface area (Å²) >= 11 is 0. The Kier molecular flexibility index (Phi) is 3.52. The van der Waals surface area contributed by atoms with Crippen LogP contribution in [0.3, 0.4) is 0 Å². The molecule has 0 saturated carbocycles. The molecule has 0 aliphatic carbocycles. The highest BCUT2D eigenvalue weighted by Crippen LogP contribution is 2.20. The first-order chi connectivity index (χ1) is 6.81. The van der Waals surface area contributed by atoms with Crippen LogP contribution < -0.4 is 4.74 Å². The van der Waals surface area contributed by atoms with Crippen molar-refractivity contribution in [2.24, 2.45) is 5.92 Å². The van der Waals surface area contributed by atoms with Gasteiger partial charge in [-0.3, -0.25) is 0 Å². The number of nitrogens with zero attached hydrogens (tertiary/aromatic N) is 2. The van der Waals surface area contributed by atoms with Crippen LogP contribution in [0.5, 0.6) is 5.75 Å². The molecule has 0 unspecified atom stereocenters. The minimum Gasteiger partial charge on any atom is -0.496 e. The zero-order valence-corrected chi connectivity index (χ0v) is 7.90. The van der Waals surface area contributed by atoms with Crippen LogP contribution in [0.2, 0.25) is 0 Å². The summed E-state index contributed by atoms with van der Waals surface area (Å²) in [6, 6.07) is 11.3. The van der Waals surface area contributed by atoms with Crippen LogP contribution in [0.25, 0.3) is 0 Å². The molecule has 0 fully saturated rings. The molecular formula is C11H10N2O. The van der Waals surface area contributed by atoms with Crippen molar-refractivity contribution >= 4 is 0 Å². The highest BCUT2D eigenvalue weighted by molar-refractivity contribution is 5.34. The molecule has 0 spiro atoms. The smallest absolute Gasteiger partial charge is 0.137 e. The fourth-order valence-corrected chi connectivity index (χ4v) is 1.21. The molecule has 0 N–H and O–H groups in total. The molecular weight excluding hydrogens is 176 g/mol. The van der Waals surface area contributed by atoms with Gasteiger partial charge < -0.3 is 4.74 Å². The number of rotatable bonds is 3. The molecule has 3 nitrogen and oxygen atoms in total. The fraction of sp³-hybridized carbons (Fsp3) is 0.273. The first-order valence-electron chi connectivity index (χ1n) is 4.23. The number of nitriles is 2. The fourth-order valence-electron chi connectivity index (χ4n) is 1.21. The molecule has 0 amide bonds. The monoisotopic (exact) mass is 186 g/mol. The van der Waals surface area contributed by atoms with Crippen LogP contribution >= 0.6 is 0 Å². The van der Waals surface area contributed by atoms with E-state index in [1.54, 1.807) is 7.11 Å². The second-order valence-electron chi connectivity index (χ2n) is 2.83. The van der Waals surface area contributed by atoms with Crippen molar-refractivity contribution in [3.05, 3.63) is 29.8 Å². The molecule has 0 aliphatic heterocycles. The molecule has 3 heteroatoms. The van der Waals surface area contributed by atoms with Gasteiger partial charge in [0.25, 0.3) is 0 Å². The molecule has 0 saturated heterocycles. The average molecular weight is 186 g/mol. The molecule has 1 aromatic rings. The zero-order valence-electron chi connectivity index (χ0n) is 7.90. The van der Waals surface area contributed by atoms with Crippen LogP contribution in [0.4, 0.5) is 0 Å². The highest BCUT2D eigenvalue weighted by Gasteiger charge is 2.09. The van der Waals surface area contributed by atoms with Crippen molar-refractivity contribution in [3.63, 3.8) is 0 Å². The molecule has 0 aliphatic rings. The molecule has 0 bridgehead atoms. The lowest BCUT2D eigenvalue weighted by molar-refractivity contribution is 0.409. The molecule has 0 heterocycles. The summed E-state index contributed by atoms with van der Waals surface area (Å²) in [6.45, 7) is 0. The van der Waals surface area contributed by atoms with Gasteiger partial charge in [0.1, 0.15) is 11.7 Å². The van der Waals surface area contributed by atoms with Crippen molar-refractivity contribution in [1.29, 1.82) is 10.5 Å². The molecule has 70 valence electrons. The van der Waals surface area contributed by atoms with Crippen molar-refractivity contribution in [1.82, 2.24) is 0 Å². The van der Waals surface area contributed by atoms with Crippen LogP contribution in [0.15, 0.2) is 24.3 Å². The van der Waals surface area contributed by atoms with Crippen molar-refractivity contribution in [3.8, 4) is 17.9 Å². The van der Waals surface area contributed by atoms with Gasteiger partial charge in [-0.15, -0.1) is 0 Å². The Morgan fingerprint density at radius 2 is 1.93 bits per heavy atom. The third-order valence-electron chi connectivity index (χ3n) is 1.93. The summed E-state index contributed by atoms with van der Waals surface area (Å²) in [4.78, 5) is 0. The Labute approximate surface area is 83.2 Å². The number of benzene rings is 1. The second-order valence-corrected chi connectivity index (χ2v) is 2.83. The maximum atomic E-state index is 8.64. The number of hydrogen-bond acceptors (Lipinski definition) is 3. The van der Waals surface area contributed by atoms with Gasteiger partial charge in [0.15, 0.2) is 0 Å². The minimum absolute atomic E-state index is 0.414. The minimum atomic E-state index is -0.605. The normalized spacial score (nSPS) is 9.14. The Balaban J connectivity index is 2.87. The summed E-state index contributed by atoms with van der Waals surface area (Å²) in [5.74, 6) is 0.120. The summed E-state index contributed by atoms with van der Waals surface area (Å²) < 4.78 is 5.12. The first kappa shape index (κ1) is 10.1. The number of hydrogen-bond donors (Lipinski definition) is 0. The Morgan fingerprint density at radius 1 is 1.29 bits per heavy atom.